The van der Waals surface area contributed by atoms with Gasteiger partial charge in [0.2, 0.25) is 0 Å². The Kier molecular flexibility index (Phi) is 3.81. The number of nitrogens with two attached hydrogens (primary N) is 1. The lowest BCUT2D eigenvalue weighted by molar-refractivity contribution is 0.413. The first kappa shape index (κ1) is 16.4. The highest BCUT2D eigenvalue weighted by Crippen LogP contribution is 2.37. The summed E-state index contributed by atoms with van der Waals surface area (Å²) in [4.78, 5) is 8.68. The van der Waals surface area contributed by atoms with Gasteiger partial charge in [-0.05, 0) is 31.5 Å². The highest BCUT2D eigenvalue weighted by atomic mass is 35.5. The normalized spacial score (nSPS) is 11.2. The molecule has 0 fully saturated rings. The summed E-state index contributed by atoms with van der Waals surface area (Å²) >= 11 is 6.41. The highest BCUT2D eigenvalue weighted by molar-refractivity contribution is 6.33. The van der Waals surface area contributed by atoms with Crippen molar-refractivity contribution >= 4 is 22.9 Å². The molecule has 0 bridgehead atoms. The summed E-state index contributed by atoms with van der Waals surface area (Å²) < 4.78 is 9.07. The summed E-state index contributed by atoms with van der Waals surface area (Å²) in [5, 5.41) is 4.66. The van der Waals surface area contributed by atoms with Crippen molar-refractivity contribution in [3.63, 3.8) is 0 Å². The van der Waals surface area contributed by atoms with Gasteiger partial charge in [-0.15, -0.1) is 0 Å². The molecule has 0 radical (unpaired) electrons. The third kappa shape index (κ3) is 2.57. The molecule has 2 N–H and O–H groups in total. The quantitative estimate of drug-likeness (QED) is 0.598. The number of methoxy groups -OCH3 is 1. The van der Waals surface area contributed by atoms with Crippen LogP contribution in [0.2, 0.25) is 5.15 Å². The first-order valence-corrected chi connectivity index (χ1v) is 8.36. The summed E-state index contributed by atoms with van der Waals surface area (Å²) in [5.74, 6) is 0.676. The molecular formula is C18H17ClN6O. The van der Waals surface area contributed by atoms with E-state index >= 15 is 0 Å². The summed E-state index contributed by atoms with van der Waals surface area (Å²) in [5.41, 5.74) is 11.5. The number of imidazole rings is 2. The smallest absolute Gasteiger partial charge is 0.177 e. The lowest BCUT2D eigenvalue weighted by Crippen LogP contribution is -2.02. The van der Waals surface area contributed by atoms with Gasteiger partial charge >= 0.3 is 0 Å². The van der Waals surface area contributed by atoms with Crippen LogP contribution in [-0.2, 0) is 0 Å². The van der Waals surface area contributed by atoms with Gasteiger partial charge < -0.3 is 15.0 Å². The molecule has 0 spiro atoms. The molecule has 1 aromatic carbocycles. The highest BCUT2D eigenvalue weighted by Gasteiger charge is 2.17. The van der Waals surface area contributed by atoms with Gasteiger partial charge in [-0.2, -0.15) is 5.10 Å². The number of nitrogens with zero attached hydrogens (tertiary/aromatic N) is 5. The Morgan fingerprint density at radius 3 is 2.65 bits per heavy atom. The zero-order valence-corrected chi connectivity index (χ0v) is 15.3. The number of nitrogen functional groups attached to an aromatic ring is 1. The van der Waals surface area contributed by atoms with Crippen LogP contribution >= 0.6 is 11.6 Å². The molecule has 132 valence electrons. The van der Waals surface area contributed by atoms with E-state index in [2.05, 4.69) is 15.1 Å². The molecular weight excluding hydrogens is 352 g/mol. The van der Waals surface area contributed by atoms with Gasteiger partial charge in [0.1, 0.15) is 5.75 Å². The lowest BCUT2D eigenvalue weighted by atomic mass is 10.1. The number of anilines is 1. The third-order valence-electron chi connectivity index (χ3n) is 4.18. The number of benzene rings is 1. The van der Waals surface area contributed by atoms with Gasteiger partial charge in [0.15, 0.2) is 10.8 Å². The molecule has 26 heavy (non-hydrogen) atoms. The molecule has 3 heterocycles. The van der Waals surface area contributed by atoms with Gasteiger partial charge in [-0.3, -0.25) is 0 Å². The van der Waals surface area contributed by atoms with Gasteiger partial charge in [-0.25, -0.2) is 14.5 Å². The molecule has 0 aliphatic heterocycles. The number of rotatable bonds is 3. The molecule has 0 aliphatic carbocycles. The van der Waals surface area contributed by atoms with E-state index in [0.29, 0.717) is 27.8 Å². The van der Waals surface area contributed by atoms with Gasteiger partial charge in [0.05, 0.1) is 42.4 Å². The molecule has 8 heteroatoms. The Bertz CT molecular complexity index is 1130. The minimum absolute atomic E-state index is 0.306. The molecule has 0 saturated carbocycles. The van der Waals surface area contributed by atoms with Crippen LogP contribution < -0.4 is 10.5 Å². The van der Waals surface area contributed by atoms with Crippen LogP contribution in [0.5, 0.6) is 5.75 Å². The van der Waals surface area contributed by atoms with E-state index in [4.69, 9.17) is 22.1 Å². The molecule has 3 aromatic heterocycles. The maximum Gasteiger partial charge on any atom is 0.177 e. The predicted octanol–water partition coefficient (Wildman–Crippen LogP) is 3.44. The minimum atomic E-state index is 0.306. The second-order valence-corrected chi connectivity index (χ2v) is 6.40. The molecule has 4 aromatic rings. The Labute approximate surface area is 155 Å². The first-order chi connectivity index (χ1) is 12.5. The largest absolute Gasteiger partial charge is 0.495 e. The van der Waals surface area contributed by atoms with Gasteiger partial charge in [0, 0.05) is 11.8 Å². The van der Waals surface area contributed by atoms with Crippen LogP contribution in [0.1, 0.15) is 11.4 Å². The molecule has 0 atom stereocenters. The second kappa shape index (κ2) is 6.03. The Morgan fingerprint density at radius 1 is 1.15 bits per heavy atom. The molecule has 0 amide bonds. The van der Waals surface area contributed by atoms with Crippen LogP contribution in [0.4, 0.5) is 5.69 Å². The van der Waals surface area contributed by atoms with Crippen LogP contribution in [0.3, 0.4) is 0 Å². The van der Waals surface area contributed by atoms with Crippen molar-refractivity contribution in [1.29, 1.82) is 0 Å². The molecule has 0 aliphatic rings. The number of halogens is 1. The number of aromatic nitrogens is 5. The molecule has 0 unspecified atom stereocenters. The zero-order valence-electron chi connectivity index (χ0n) is 14.6. The fourth-order valence-corrected chi connectivity index (χ4v) is 3.28. The number of hydrogen-bond acceptors (Lipinski definition) is 5. The number of ether oxygens (including phenoxy) is 1. The number of fused-ring (bicyclic) bond motifs is 1. The van der Waals surface area contributed by atoms with Crippen molar-refractivity contribution in [2.75, 3.05) is 12.8 Å². The Morgan fingerprint density at radius 2 is 1.96 bits per heavy atom. The topological polar surface area (TPSA) is 83.3 Å². The van der Waals surface area contributed by atoms with Crippen LogP contribution in [0.15, 0.2) is 36.9 Å². The summed E-state index contributed by atoms with van der Waals surface area (Å²) in [6.07, 6.45) is 5.46. The van der Waals surface area contributed by atoms with Crippen molar-refractivity contribution in [2.45, 2.75) is 13.8 Å². The monoisotopic (exact) mass is 368 g/mol. The van der Waals surface area contributed by atoms with E-state index in [-0.39, 0.29) is 0 Å². The molecule has 0 saturated heterocycles. The second-order valence-electron chi connectivity index (χ2n) is 6.04. The van der Waals surface area contributed by atoms with Crippen LogP contribution in [0, 0.1) is 13.8 Å². The van der Waals surface area contributed by atoms with Crippen molar-refractivity contribution in [3.8, 4) is 22.6 Å². The predicted molar refractivity (Wildman–Crippen MR) is 101 cm³/mol. The molecule has 7 nitrogen and oxygen atoms in total. The van der Waals surface area contributed by atoms with Crippen molar-refractivity contribution in [1.82, 2.24) is 24.1 Å². The summed E-state index contributed by atoms with van der Waals surface area (Å²) in [6.45, 7) is 3.82. The van der Waals surface area contributed by atoms with Crippen LogP contribution in [0.25, 0.3) is 22.5 Å². The third-order valence-corrected chi connectivity index (χ3v) is 4.44. The number of hydrogen-bond donors (Lipinski definition) is 1. The van der Waals surface area contributed by atoms with Crippen molar-refractivity contribution < 1.29 is 4.74 Å². The standard InChI is InChI=1S/C18H17ClN6O/c1-10-7-24(9-21-10)13-5-4-12(6-14(13)26-3)15-16(20)18-22-11(2)8-25(18)23-17(15)19/h4-9H,20H2,1-3H3. The fraction of sp³-hybridized carbons (Fsp3) is 0.167. The van der Waals surface area contributed by atoms with Crippen molar-refractivity contribution in [2.24, 2.45) is 0 Å². The fourth-order valence-electron chi connectivity index (χ4n) is 2.99. The Balaban J connectivity index is 1.90. The average molecular weight is 369 g/mol. The molecule has 4 rings (SSSR count). The summed E-state index contributed by atoms with van der Waals surface area (Å²) in [6, 6.07) is 5.75. The maximum absolute atomic E-state index is 6.41. The maximum atomic E-state index is 6.41. The van der Waals surface area contributed by atoms with Gasteiger partial charge in [-0.1, -0.05) is 17.7 Å². The van der Waals surface area contributed by atoms with E-state index in [1.807, 2.05) is 42.8 Å². The SMILES string of the molecule is COc1cc(-c2c(Cl)nn3cc(C)nc3c2N)ccc1-n1cnc(C)c1. The van der Waals surface area contributed by atoms with E-state index < -0.39 is 0 Å². The lowest BCUT2D eigenvalue weighted by Gasteiger charge is -2.13. The van der Waals surface area contributed by atoms with E-state index in [9.17, 15) is 0 Å². The van der Waals surface area contributed by atoms with E-state index in [1.165, 1.54) is 0 Å². The first-order valence-electron chi connectivity index (χ1n) is 7.98. The summed E-state index contributed by atoms with van der Waals surface area (Å²) in [7, 11) is 1.62. The van der Waals surface area contributed by atoms with Crippen LogP contribution in [-0.4, -0.2) is 31.3 Å². The minimum Gasteiger partial charge on any atom is -0.495 e. The van der Waals surface area contributed by atoms with Gasteiger partial charge in [0.25, 0.3) is 0 Å². The van der Waals surface area contributed by atoms with E-state index in [1.54, 1.807) is 24.1 Å². The zero-order chi connectivity index (χ0) is 18.4. The number of aryl methyl sites for hydroxylation is 2. The van der Waals surface area contributed by atoms with Crippen molar-refractivity contribution in [3.05, 3.63) is 53.5 Å². The van der Waals surface area contributed by atoms with E-state index in [0.717, 1.165) is 22.6 Å². The average Bonchev–Trinajstić information content (AvgIpc) is 3.20. The Hall–Kier alpha value is -3.06.